The first-order valence-corrected chi connectivity index (χ1v) is 11.2. The van der Waals surface area contributed by atoms with Gasteiger partial charge in [0.05, 0.1) is 26.8 Å². The summed E-state index contributed by atoms with van der Waals surface area (Å²) >= 11 is 8.23. The number of ether oxygens (including phenoxy) is 3. The van der Waals surface area contributed by atoms with E-state index in [-0.39, 0.29) is 11.6 Å². The van der Waals surface area contributed by atoms with Gasteiger partial charge in [-0.25, -0.2) is 14.6 Å². The predicted octanol–water partition coefficient (Wildman–Crippen LogP) is 5.83. The number of carbonyl (C=O) groups is 2. The smallest absolute Gasteiger partial charge is 0.363 e. The molecular weight excluding hydrogens is 557 g/mol. The number of methoxy groups -OCH3 is 1. The Bertz CT molecular complexity index is 1310. The van der Waals surface area contributed by atoms with Crippen molar-refractivity contribution in [2.75, 3.05) is 7.11 Å². The monoisotopic (exact) mass is 573 g/mol. The second-order valence-electron chi connectivity index (χ2n) is 7.11. The summed E-state index contributed by atoms with van der Waals surface area (Å²) in [5, 5.41) is 0.432. The van der Waals surface area contributed by atoms with Crippen LogP contribution in [-0.4, -0.2) is 24.9 Å². The zero-order valence-corrected chi connectivity index (χ0v) is 20.5. The molecule has 3 aromatic rings. The molecule has 0 aromatic heterocycles. The number of rotatable bonds is 5. The van der Waals surface area contributed by atoms with E-state index in [1.165, 1.54) is 7.11 Å². The third-order valence-electron chi connectivity index (χ3n) is 4.76. The molecule has 6 nitrogen and oxygen atoms in total. The second-order valence-corrected chi connectivity index (χ2v) is 8.67. The lowest BCUT2D eigenvalue weighted by Gasteiger charge is -2.12. The van der Waals surface area contributed by atoms with Gasteiger partial charge in [-0.1, -0.05) is 41.4 Å². The van der Waals surface area contributed by atoms with Crippen LogP contribution in [0.2, 0.25) is 5.02 Å². The predicted molar refractivity (Wildman–Crippen MR) is 134 cm³/mol. The van der Waals surface area contributed by atoms with Crippen molar-refractivity contribution in [2.45, 2.75) is 6.92 Å². The number of aliphatic imine (C=N–C) groups is 1. The summed E-state index contributed by atoms with van der Waals surface area (Å²) in [6.07, 6.45) is 1.57. The quantitative estimate of drug-likeness (QED) is 0.166. The number of hydrogen-bond donors (Lipinski definition) is 0. The van der Waals surface area contributed by atoms with E-state index in [0.29, 0.717) is 36.8 Å². The fourth-order valence-corrected chi connectivity index (χ4v) is 4.03. The highest BCUT2D eigenvalue weighted by Gasteiger charge is 2.26. The molecule has 4 rings (SSSR count). The van der Waals surface area contributed by atoms with E-state index in [9.17, 15) is 9.59 Å². The molecule has 0 fully saturated rings. The molecule has 0 aliphatic carbocycles. The standard InChI is InChI=1S/C25H17ClINO5/c1-14-7-9-16(10-8-14)24(29)32-22-19(27)11-15(13-21(22)31-2)12-20-25(30)33-23(28-20)17-5-3-4-6-18(17)26/h3-13H,1-2H3/b20-12-. The number of aryl methyl sites for hydroxylation is 1. The molecule has 166 valence electrons. The van der Waals surface area contributed by atoms with Crippen LogP contribution in [-0.2, 0) is 9.53 Å². The normalized spacial score (nSPS) is 14.1. The number of halogens is 2. The lowest BCUT2D eigenvalue weighted by Crippen LogP contribution is -2.10. The van der Waals surface area contributed by atoms with E-state index in [4.69, 9.17) is 25.8 Å². The van der Waals surface area contributed by atoms with E-state index in [1.807, 2.05) is 41.6 Å². The molecule has 0 radical (unpaired) electrons. The minimum atomic E-state index is -0.589. The van der Waals surface area contributed by atoms with Gasteiger partial charge in [0.15, 0.2) is 17.2 Å². The average Bonchev–Trinajstić information content (AvgIpc) is 3.15. The lowest BCUT2D eigenvalue weighted by molar-refractivity contribution is -0.129. The van der Waals surface area contributed by atoms with Crippen molar-refractivity contribution in [1.82, 2.24) is 0 Å². The number of nitrogens with zero attached hydrogens (tertiary/aromatic N) is 1. The molecule has 0 saturated carbocycles. The average molecular weight is 574 g/mol. The molecule has 0 N–H and O–H groups in total. The Morgan fingerprint density at radius 2 is 1.85 bits per heavy atom. The van der Waals surface area contributed by atoms with Crippen LogP contribution < -0.4 is 9.47 Å². The summed E-state index contributed by atoms with van der Waals surface area (Å²) in [7, 11) is 1.48. The molecule has 0 saturated heterocycles. The van der Waals surface area contributed by atoms with Crippen molar-refractivity contribution in [2.24, 2.45) is 4.99 Å². The van der Waals surface area contributed by atoms with Gasteiger partial charge < -0.3 is 14.2 Å². The van der Waals surface area contributed by atoms with Gasteiger partial charge in [-0.15, -0.1) is 0 Å². The van der Waals surface area contributed by atoms with Crippen LogP contribution in [0.4, 0.5) is 0 Å². The number of carbonyl (C=O) groups excluding carboxylic acids is 2. The molecular formula is C25H17ClINO5. The van der Waals surface area contributed by atoms with Gasteiger partial charge in [0.1, 0.15) is 0 Å². The molecule has 33 heavy (non-hydrogen) atoms. The zero-order chi connectivity index (χ0) is 23.5. The fourth-order valence-electron chi connectivity index (χ4n) is 3.08. The van der Waals surface area contributed by atoms with E-state index in [2.05, 4.69) is 4.99 Å². The Balaban J connectivity index is 1.63. The molecule has 3 aromatic carbocycles. The van der Waals surface area contributed by atoms with E-state index >= 15 is 0 Å². The van der Waals surface area contributed by atoms with Crippen molar-refractivity contribution in [1.29, 1.82) is 0 Å². The van der Waals surface area contributed by atoms with Gasteiger partial charge in [-0.2, -0.15) is 0 Å². The van der Waals surface area contributed by atoms with Crippen molar-refractivity contribution in [3.8, 4) is 11.5 Å². The number of benzene rings is 3. The topological polar surface area (TPSA) is 74.2 Å². The Kier molecular flexibility index (Phi) is 6.80. The van der Waals surface area contributed by atoms with Crippen LogP contribution in [0.1, 0.15) is 27.0 Å². The molecule has 0 bridgehead atoms. The summed E-state index contributed by atoms with van der Waals surface area (Å²) in [5.74, 6) is -0.308. The van der Waals surface area contributed by atoms with E-state index in [1.54, 1.807) is 54.6 Å². The maximum Gasteiger partial charge on any atom is 0.363 e. The summed E-state index contributed by atoms with van der Waals surface area (Å²) in [5.41, 5.74) is 2.75. The SMILES string of the molecule is COc1cc(/C=C2\N=C(c3ccccc3Cl)OC2=O)cc(I)c1OC(=O)c1ccc(C)cc1. The number of hydrogen-bond acceptors (Lipinski definition) is 6. The Morgan fingerprint density at radius 1 is 1.12 bits per heavy atom. The van der Waals surface area contributed by atoms with Gasteiger partial charge in [-0.3, -0.25) is 0 Å². The first-order valence-electron chi connectivity index (χ1n) is 9.79. The fraction of sp³-hybridized carbons (Fsp3) is 0.0800. The Morgan fingerprint density at radius 3 is 2.55 bits per heavy atom. The molecule has 0 unspecified atom stereocenters. The molecule has 8 heteroatoms. The van der Waals surface area contributed by atoms with Crippen LogP contribution in [0, 0.1) is 10.5 Å². The largest absolute Gasteiger partial charge is 0.493 e. The van der Waals surface area contributed by atoms with Crippen LogP contribution in [0.3, 0.4) is 0 Å². The van der Waals surface area contributed by atoms with Crippen LogP contribution >= 0.6 is 34.2 Å². The Labute approximate surface area is 209 Å². The Hall–Kier alpha value is -3.17. The third-order valence-corrected chi connectivity index (χ3v) is 5.89. The summed E-state index contributed by atoms with van der Waals surface area (Å²) in [6, 6.07) is 17.5. The number of cyclic esters (lactones) is 1. The van der Waals surface area contributed by atoms with Crippen LogP contribution in [0.25, 0.3) is 6.08 Å². The van der Waals surface area contributed by atoms with Gasteiger partial charge in [-0.05, 0) is 77.6 Å². The van der Waals surface area contributed by atoms with Crippen molar-refractivity contribution >= 4 is 58.1 Å². The molecule has 1 aliphatic rings. The van der Waals surface area contributed by atoms with Crippen molar-refractivity contribution in [3.63, 3.8) is 0 Å². The molecule has 1 heterocycles. The molecule has 0 amide bonds. The maximum atomic E-state index is 12.6. The van der Waals surface area contributed by atoms with Crippen LogP contribution in [0.5, 0.6) is 11.5 Å². The zero-order valence-electron chi connectivity index (χ0n) is 17.6. The minimum absolute atomic E-state index is 0.118. The van der Waals surface area contributed by atoms with Crippen molar-refractivity contribution < 1.29 is 23.8 Å². The first-order chi connectivity index (χ1) is 15.9. The summed E-state index contributed by atoms with van der Waals surface area (Å²) in [4.78, 5) is 29.2. The highest BCUT2D eigenvalue weighted by Crippen LogP contribution is 2.35. The van der Waals surface area contributed by atoms with E-state index < -0.39 is 11.9 Å². The third kappa shape index (κ3) is 5.09. The minimum Gasteiger partial charge on any atom is -0.493 e. The molecule has 1 aliphatic heterocycles. The maximum absolute atomic E-state index is 12.6. The van der Waals surface area contributed by atoms with Gasteiger partial charge in [0, 0.05) is 0 Å². The van der Waals surface area contributed by atoms with Gasteiger partial charge in [0.2, 0.25) is 5.90 Å². The van der Waals surface area contributed by atoms with Gasteiger partial charge >= 0.3 is 11.9 Å². The first kappa shape index (κ1) is 23.0. The number of esters is 2. The highest BCUT2D eigenvalue weighted by molar-refractivity contribution is 14.1. The lowest BCUT2D eigenvalue weighted by atomic mass is 10.1. The van der Waals surface area contributed by atoms with Crippen molar-refractivity contribution in [3.05, 3.63) is 97.2 Å². The van der Waals surface area contributed by atoms with E-state index in [0.717, 1.165) is 5.56 Å². The molecule has 0 atom stereocenters. The summed E-state index contributed by atoms with van der Waals surface area (Å²) in [6.45, 7) is 1.94. The second kappa shape index (κ2) is 9.76. The highest BCUT2D eigenvalue weighted by atomic mass is 127. The summed E-state index contributed by atoms with van der Waals surface area (Å²) < 4.78 is 17.0. The van der Waals surface area contributed by atoms with Gasteiger partial charge in [0.25, 0.3) is 0 Å². The molecule has 0 spiro atoms. The van der Waals surface area contributed by atoms with Crippen LogP contribution in [0.15, 0.2) is 71.4 Å².